The van der Waals surface area contributed by atoms with Gasteiger partial charge in [-0.25, -0.2) is 4.79 Å². The van der Waals surface area contributed by atoms with Gasteiger partial charge in [-0.15, -0.1) is 0 Å². The molecule has 0 saturated carbocycles. The topological polar surface area (TPSA) is 92.5 Å². The second kappa shape index (κ2) is 9.12. The Balaban J connectivity index is 1.99. The maximum absolute atomic E-state index is 13.7. The van der Waals surface area contributed by atoms with Crippen LogP contribution in [0.2, 0.25) is 5.02 Å². The minimum atomic E-state index is -4.86. The van der Waals surface area contributed by atoms with Crippen molar-refractivity contribution < 1.29 is 32.7 Å². The number of nitrogens with zero attached hydrogens (tertiary/aromatic N) is 3. The molecule has 3 aromatic carbocycles. The first kappa shape index (κ1) is 24.9. The number of carbonyl (C=O) groups excluding carboxylic acids is 2. The third kappa shape index (κ3) is 4.42. The number of alkyl halides is 3. The van der Waals surface area contributed by atoms with Crippen molar-refractivity contribution in [1.29, 1.82) is 0 Å². The highest BCUT2D eigenvalue weighted by atomic mass is 35.5. The molecule has 0 atom stereocenters. The molecule has 184 valence electrons. The summed E-state index contributed by atoms with van der Waals surface area (Å²) in [6.45, 7) is 0. The van der Waals surface area contributed by atoms with Crippen molar-refractivity contribution >= 4 is 40.3 Å². The molecule has 4 rings (SSSR count). The third-order valence-corrected chi connectivity index (χ3v) is 5.78. The van der Waals surface area contributed by atoms with E-state index in [1.807, 2.05) is 0 Å². The minimum Gasteiger partial charge on any atom is -0.478 e. The number of rotatable bonds is 4. The van der Waals surface area contributed by atoms with Crippen LogP contribution in [0.15, 0.2) is 60.7 Å². The fraction of sp³-hybridized carbons (Fsp3) is 0.120. The lowest BCUT2D eigenvalue weighted by Crippen LogP contribution is -2.22. The number of halogens is 4. The number of aromatic carboxylic acids is 1. The third-order valence-electron chi connectivity index (χ3n) is 5.46. The van der Waals surface area contributed by atoms with E-state index < -0.39 is 40.1 Å². The van der Waals surface area contributed by atoms with Gasteiger partial charge in [0.05, 0.1) is 27.2 Å². The van der Waals surface area contributed by atoms with Crippen LogP contribution in [0, 0.1) is 0 Å². The average molecular weight is 516 g/mol. The SMILES string of the molecule is CN(C)C(=O)c1ccc2c(-c3ccc(C(=O)O)cc3)nn(C(=O)c3c(Cl)cccc3C(F)(F)F)c2c1. The van der Waals surface area contributed by atoms with E-state index >= 15 is 0 Å². The van der Waals surface area contributed by atoms with Gasteiger partial charge in [0.2, 0.25) is 0 Å². The highest BCUT2D eigenvalue weighted by Crippen LogP contribution is 2.37. The molecule has 1 heterocycles. The summed E-state index contributed by atoms with van der Waals surface area (Å²) >= 11 is 6.05. The molecule has 0 spiro atoms. The Hall–Kier alpha value is -4.18. The summed E-state index contributed by atoms with van der Waals surface area (Å²) in [5.74, 6) is -2.67. The largest absolute Gasteiger partial charge is 0.478 e. The summed E-state index contributed by atoms with van der Waals surface area (Å²) in [5, 5.41) is 13.4. The van der Waals surface area contributed by atoms with E-state index in [1.54, 1.807) is 0 Å². The molecule has 4 aromatic rings. The van der Waals surface area contributed by atoms with Crippen LogP contribution in [0.5, 0.6) is 0 Å². The normalized spacial score (nSPS) is 11.5. The van der Waals surface area contributed by atoms with E-state index in [0.29, 0.717) is 10.9 Å². The quantitative estimate of drug-likeness (QED) is 0.389. The molecule has 1 N–H and O–H groups in total. The second-order valence-corrected chi connectivity index (χ2v) is 8.45. The highest BCUT2D eigenvalue weighted by Gasteiger charge is 2.37. The molecule has 11 heteroatoms. The van der Waals surface area contributed by atoms with Crippen LogP contribution in [0.1, 0.15) is 36.6 Å². The molecular weight excluding hydrogens is 499 g/mol. The van der Waals surface area contributed by atoms with Crippen molar-refractivity contribution in [2.45, 2.75) is 6.18 Å². The smallest absolute Gasteiger partial charge is 0.417 e. The number of carboxylic acid groups (broad SMARTS) is 1. The molecular formula is C25H17ClF3N3O4. The number of hydrogen-bond donors (Lipinski definition) is 1. The van der Waals surface area contributed by atoms with Crippen LogP contribution in [0.4, 0.5) is 13.2 Å². The van der Waals surface area contributed by atoms with E-state index in [4.69, 9.17) is 16.7 Å². The Morgan fingerprint density at radius 1 is 0.972 bits per heavy atom. The van der Waals surface area contributed by atoms with Gasteiger partial charge in [0.1, 0.15) is 5.69 Å². The maximum Gasteiger partial charge on any atom is 0.417 e. The Morgan fingerprint density at radius 3 is 2.19 bits per heavy atom. The Labute approximate surface area is 207 Å². The lowest BCUT2D eigenvalue weighted by molar-refractivity contribution is -0.137. The molecule has 0 radical (unpaired) electrons. The summed E-state index contributed by atoms with van der Waals surface area (Å²) in [4.78, 5) is 38.6. The van der Waals surface area contributed by atoms with Gasteiger partial charge >= 0.3 is 12.1 Å². The molecule has 0 unspecified atom stereocenters. The molecule has 36 heavy (non-hydrogen) atoms. The van der Waals surface area contributed by atoms with Gasteiger partial charge in [-0.3, -0.25) is 9.59 Å². The summed E-state index contributed by atoms with van der Waals surface area (Å²) in [6, 6.07) is 13.0. The summed E-state index contributed by atoms with van der Waals surface area (Å²) in [5.41, 5.74) is -1.10. The monoisotopic (exact) mass is 515 g/mol. The van der Waals surface area contributed by atoms with E-state index in [1.165, 1.54) is 67.5 Å². The summed E-state index contributed by atoms with van der Waals surface area (Å²) < 4.78 is 41.9. The van der Waals surface area contributed by atoms with Gasteiger partial charge in [0.25, 0.3) is 11.8 Å². The van der Waals surface area contributed by atoms with Gasteiger partial charge in [-0.05, 0) is 42.5 Å². The highest BCUT2D eigenvalue weighted by molar-refractivity contribution is 6.34. The Kier molecular flexibility index (Phi) is 6.32. The van der Waals surface area contributed by atoms with Gasteiger partial charge in [0.15, 0.2) is 0 Å². The van der Waals surface area contributed by atoms with Crippen molar-refractivity contribution in [3.8, 4) is 11.3 Å². The van der Waals surface area contributed by atoms with Gasteiger partial charge in [-0.1, -0.05) is 29.8 Å². The van der Waals surface area contributed by atoms with Crippen LogP contribution >= 0.6 is 11.6 Å². The number of carbonyl (C=O) groups is 3. The van der Waals surface area contributed by atoms with Gasteiger partial charge in [-0.2, -0.15) is 23.0 Å². The second-order valence-electron chi connectivity index (χ2n) is 8.04. The molecule has 0 fully saturated rings. The zero-order valence-electron chi connectivity index (χ0n) is 18.8. The number of hydrogen-bond acceptors (Lipinski definition) is 4. The number of aromatic nitrogens is 2. The summed E-state index contributed by atoms with van der Waals surface area (Å²) in [6.07, 6.45) is -4.86. The van der Waals surface area contributed by atoms with E-state index in [9.17, 15) is 27.6 Å². The van der Waals surface area contributed by atoms with Crippen LogP contribution in [-0.4, -0.2) is 51.7 Å². The number of carboxylic acids is 1. The standard InChI is InChI=1S/C25H17ClF3N3O4/c1-31(2)22(33)15-10-11-16-19(12-15)32(30-21(16)13-6-8-14(9-7-13)24(35)36)23(34)20-17(25(27,28)29)4-3-5-18(20)26/h3-12H,1-2H3,(H,35,36). The maximum atomic E-state index is 13.7. The van der Waals surface area contributed by atoms with E-state index in [2.05, 4.69) is 5.10 Å². The number of fused-ring (bicyclic) bond motifs is 1. The lowest BCUT2D eigenvalue weighted by atomic mass is 10.0. The van der Waals surface area contributed by atoms with Gasteiger partial charge < -0.3 is 10.0 Å². The molecule has 7 nitrogen and oxygen atoms in total. The predicted molar refractivity (Wildman–Crippen MR) is 126 cm³/mol. The van der Waals surface area contributed by atoms with Crippen molar-refractivity contribution in [2.24, 2.45) is 0 Å². The van der Waals surface area contributed by atoms with Gasteiger partial charge in [0, 0.05) is 30.6 Å². The molecule has 0 bridgehead atoms. The molecule has 0 aliphatic rings. The van der Waals surface area contributed by atoms with Crippen molar-refractivity contribution in [3.63, 3.8) is 0 Å². The van der Waals surface area contributed by atoms with Crippen molar-refractivity contribution in [1.82, 2.24) is 14.7 Å². The van der Waals surface area contributed by atoms with Crippen LogP contribution in [-0.2, 0) is 6.18 Å². The van der Waals surface area contributed by atoms with E-state index in [-0.39, 0.29) is 22.3 Å². The molecule has 0 aliphatic heterocycles. The molecule has 0 aliphatic carbocycles. The van der Waals surface area contributed by atoms with E-state index in [0.717, 1.165) is 16.8 Å². The molecule has 1 amide bonds. The lowest BCUT2D eigenvalue weighted by Gasteiger charge is -2.14. The van der Waals surface area contributed by atoms with Crippen LogP contribution in [0.25, 0.3) is 22.2 Å². The first-order valence-corrected chi connectivity index (χ1v) is 10.8. The average Bonchev–Trinajstić information content (AvgIpc) is 3.21. The molecule has 1 aromatic heterocycles. The Bertz CT molecular complexity index is 1530. The Morgan fingerprint density at radius 2 is 1.61 bits per heavy atom. The first-order chi connectivity index (χ1) is 16.9. The summed E-state index contributed by atoms with van der Waals surface area (Å²) in [7, 11) is 3.06. The van der Waals surface area contributed by atoms with Crippen LogP contribution < -0.4 is 0 Å². The minimum absolute atomic E-state index is 0.0170. The van der Waals surface area contributed by atoms with Crippen molar-refractivity contribution in [3.05, 3.63) is 87.9 Å². The fourth-order valence-electron chi connectivity index (χ4n) is 3.73. The molecule has 0 saturated heterocycles. The van der Waals surface area contributed by atoms with Crippen molar-refractivity contribution in [2.75, 3.05) is 14.1 Å². The predicted octanol–water partition coefficient (Wildman–Crippen LogP) is 5.46. The zero-order valence-corrected chi connectivity index (χ0v) is 19.6. The zero-order chi connectivity index (χ0) is 26.4. The number of benzene rings is 3. The fourth-order valence-corrected chi connectivity index (χ4v) is 3.98. The van der Waals surface area contributed by atoms with Crippen LogP contribution in [0.3, 0.4) is 0 Å². The first-order valence-electron chi connectivity index (χ1n) is 10.4. The number of amides is 1.